The lowest BCUT2D eigenvalue weighted by Crippen LogP contribution is -2.10. The Balaban J connectivity index is 2.50. The first-order valence-corrected chi connectivity index (χ1v) is 6.51. The Bertz CT molecular complexity index is 505. The van der Waals surface area contributed by atoms with Crippen molar-refractivity contribution in [1.29, 1.82) is 0 Å². The average Bonchev–Trinajstić information content (AvgIpc) is 2.78. The molecule has 0 amide bonds. The monoisotopic (exact) mass is 293 g/mol. The van der Waals surface area contributed by atoms with Crippen molar-refractivity contribution in [3.8, 4) is 5.69 Å². The van der Waals surface area contributed by atoms with Crippen LogP contribution >= 0.6 is 15.9 Å². The van der Waals surface area contributed by atoms with Gasteiger partial charge >= 0.3 is 0 Å². The molecule has 1 aromatic carbocycles. The SMILES string of the molecule is CCc1nccn1-c1ccc(Br)cc1CNC. The number of hydrogen-bond donors (Lipinski definition) is 1. The molecule has 90 valence electrons. The molecule has 0 radical (unpaired) electrons. The van der Waals surface area contributed by atoms with Crippen molar-refractivity contribution in [2.75, 3.05) is 7.05 Å². The molecule has 0 aliphatic carbocycles. The number of aromatic nitrogens is 2. The quantitative estimate of drug-likeness (QED) is 0.939. The van der Waals surface area contributed by atoms with Gasteiger partial charge in [-0.1, -0.05) is 22.9 Å². The molecule has 0 saturated heterocycles. The maximum Gasteiger partial charge on any atom is 0.112 e. The highest BCUT2D eigenvalue weighted by molar-refractivity contribution is 9.10. The molecule has 0 aliphatic heterocycles. The summed E-state index contributed by atoms with van der Waals surface area (Å²) in [6.45, 7) is 2.96. The van der Waals surface area contributed by atoms with E-state index < -0.39 is 0 Å². The molecule has 0 spiro atoms. The van der Waals surface area contributed by atoms with Crippen LogP contribution in [0.5, 0.6) is 0 Å². The van der Waals surface area contributed by atoms with Gasteiger partial charge in [0, 0.05) is 29.8 Å². The van der Waals surface area contributed by atoms with Crippen LogP contribution in [0.3, 0.4) is 0 Å². The van der Waals surface area contributed by atoms with Gasteiger partial charge < -0.3 is 9.88 Å². The van der Waals surface area contributed by atoms with E-state index in [1.54, 1.807) is 0 Å². The Kier molecular flexibility index (Phi) is 3.97. The minimum atomic E-state index is 0.843. The lowest BCUT2D eigenvalue weighted by Gasteiger charge is -2.13. The van der Waals surface area contributed by atoms with Crippen LogP contribution in [0.15, 0.2) is 35.1 Å². The summed E-state index contributed by atoms with van der Waals surface area (Å²) in [7, 11) is 1.96. The molecule has 2 aromatic rings. The van der Waals surface area contributed by atoms with Crippen LogP contribution in [-0.4, -0.2) is 16.6 Å². The summed E-state index contributed by atoms with van der Waals surface area (Å²) in [4.78, 5) is 4.37. The van der Waals surface area contributed by atoms with Gasteiger partial charge in [0.15, 0.2) is 0 Å². The summed E-state index contributed by atoms with van der Waals surface area (Å²) >= 11 is 3.51. The normalized spacial score (nSPS) is 10.8. The van der Waals surface area contributed by atoms with E-state index in [0.29, 0.717) is 0 Å². The molecular weight excluding hydrogens is 278 g/mol. The molecule has 1 N–H and O–H groups in total. The number of benzene rings is 1. The second kappa shape index (κ2) is 5.47. The van der Waals surface area contributed by atoms with E-state index in [4.69, 9.17) is 0 Å². The van der Waals surface area contributed by atoms with Gasteiger partial charge in [-0.3, -0.25) is 0 Å². The van der Waals surface area contributed by atoms with E-state index in [9.17, 15) is 0 Å². The van der Waals surface area contributed by atoms with Crippen molar-refractivity contribution in [1.82, 2.24) is 14.9 Å². The molecule has 17 heavy (non-hydrogen) atoms. The van der Waals surface area contributed by atoms with Gasteiger partial charge in [0.2, 0.25) is 0 Å². The first kappa shape index (κ1) is 12.3. The number of rotatable bonds is 4. The summed E-state index contributed by atoms with van der Waals surface area (Å²) < 4.78 is 3.25. The number of imidazole rings is 1. The third-order valence-corrected chi connectivity index (χ3v) is 3.20. The summed E-state index contributed by atoms with van der Waals surface area (Å²) in [6, 6.07) is 6.33. The Morgan fingerprint density at radius 3 is 2.94 bits per heavy atom. The molecule has 0 bridgehead atoms. The summed E-state index contributed by atoms with van der Waals surface area (Å²) in [5.41, 5.74) is 2.45. The Hall–Kier alpha value is -1.13. The summed E-state index contributed by atoms with van der Waals surface area (Å²) in [5.74, 6) is 1.09. The van der Waals surface area contributed by atoms with Crippen LogP contribution < -0.4 is 5.32 Å². The predicted molar refractivity (Wildman–Crippen MR) is 73.4 cm³/mol. The minimum absolute atomic E-state index is 0.843. The highest BCUT2D eigenvalue weighted by Gasteiger charge is 2.08. The van der Waals surface area contributed by atoms with E-state index in [1.807, 2.05) is 19.4 Å². The van der Waals surface area contributed by atoms with E-state index in [0.717, 1.165) is 23.3 Å². The molecule has 2 rings (SSSR count). The number of aryl methyl sites for hydroxylation is 1. The molecule has 0 atom stereocenters. The van der Waals surface area contributed by atoms with Crippen molar-refractivity contribution < 1.29 is 0 Å². The second-order valence-electron chi connectivity index (χ2n) is 3.87. The molecule has 1 aromatic heterocycles. The van der Waals surface area contributed by atoms with Crippen molar-refractivity contribution in [2.45, 2.75) is 19.9 Å². The van der Waals surface area contributed by atoms with E-state index >= 15 is 0 Å². The van der Waals surface area contributed by atoms with Gasteiger partial charge in [-0.15, -0.1) is 0 Å². The van der Waals surface area contributed by atoms with Crippen LogP contribution in [0.1, 0.15) is 18.3 Å². The lowest BCUT2D eigenvalue weighted by molar-refractivity contribution is 0.797. The zero-order chi connectivity index (χ0) is 12.3. The van der Waals surface area contributed by atoms with Crippen LogP contribution in [0.25, 0.3) is 5.69 Å². The second-order valence-corrected chi connectivity index (χ2v) is 4.79. The van der Waals surface area contributed by atoms with Crippen molar-refractivity contribution in [2.24, 2.45) is 0 Å². The Labute approximate surface area is 110 Å². The van der Waals surface area contributed by atoms with Gasteiger partial charge in [0.1, 0.15) is 5.82 Å². The topological polar surface area (TPSA) is 29.9 Å². The Morgan fingerprint density at radius 2 is 2.24 bits per heavy atom. The number of nitrogens with zero attached hydrogens (tertiary/aromatic N) is 2. The summed E-state index contributed by atoms with van der Waals surface area (Å²) in [6.07, 6.45) is 4.80. The molecule has 1 heterocycles. The zero-order valence-corrected chi connectivity index (χ0v) is 11.7. The fourth-order valence-electron chi connectivity index (χ4n) is 1.94. The predicted octanol–water partition coefficient (Wildman–Crippen LogP) is 2.92. The van der Waals surface area contributed by atoms with Crippen LogP contribution in [-0.2, 0) is 13.0 Å². The highest BCUT2D eigenvalue weighted by atomic mass is 79.9. The molecule has 0 fully saturated rings. The van der Waals surface area contributed by atoms with Crippen LogP contribution in [0, 0.1) is 0 Å². The molecule has 0 saturated carbocycles. The zero-order valence-electron chi connectivity index (χ0n) is 10.1. The van der Waals surface area contributed by atoms with Crippen LogP contribution in [0.2, 0.25) is 0 Å². The number of hydrogen-bond acceptors (Lipinski definition) is 2. The number of halogens is 1. The Morgan fingerprint density at radius 1 is 1.41 bits per heavy atom. The van der Waals surface area contributed by atoms with Gasteiger partial charge in [-0.25, -0.2) is 4.98 Å². The van der Waals surface area contributed by atoms with E-state index in [1.165, 1.54) is 11.3 Å². The average molecular weight is 294 g/mol. The van der Waals surface area contributed by atoms with Crippen LogP contribution in [0.4, 0.5) is 0 Å². The van der Waals surface area contributed by atoms with E-state index in [-0.39, 0.29) is 0 Å². The minimum Gasteiger partial charge on any atom is -0.316 e. The highest BCUT2D eigenvalue weighted by Crippen LogP contribution is 2.21. The van der Waals surface area contributed by atoms with Crippen molar-refractivity contribution >= 4 is 15.9 Å². The maximum atomic E-state index is 4.37. The van der Waals surface area contributed by atoms with Gasteiger partial charge in [-0.2, -0.15) is 0 Å². The first-order valence-electron chi connectivity index (χ1n) is 5.72. The smallest absolute Gasteiger partial charge is 0.112 e. The standard InChI is InChI=1S/C13H16BrN3/c1-3-13-16-6-7-17(13)12-5-4-11(14)8-10(12)9-15-2/h4-8,15H,3,9H2,1-2H3. The maximum absolute atomic E-state index is 4.37. The fraction of sp³-hybridized carbons (Fsp3) is 0.308. The third kappa shape index (κ3) is 2.58. The van der Waals surface area contributed by atoms with E-state index in [2.05, 4.69) is 55.9 Å². The lowest BCUT2D eigenvalue weighted by atomic mass is 10.1. The fourth-order valence-corrected chi connectivity index (χ4v) is 2.34. The molecular formula is C13H16BrN3. The molecule has 0 aliphatic rings. The molecule has 3 nitrogen and oxygen atoms in total. The first-order chi connectivity index (χ1) is 8.26. The van der Waals surface area contributed by atoms with Crippen molar-refractivity contribution in [3.05, 3.63) is 46.5 Å². The number of nitrogens with one attached hydrogen (secondary N) is 1. The third-order valence-electron chi connectivity index (χ3n) is 2.70. The molecule has 0 unspecified atom stereocenters. The largest absolute Gasteiger partial charge is 0.316 e. The van der Waals surface area contributed by atoms with Gasteiger partial charge in [0.05, 0.1) is 5.69 Å². The van der Waals surface area contributed by atoms with Gasteiger partial charge in [-0.05, 0) is 30.8 Å². The van der Waals surface area contributed by atoms with Gasteiger partial charge in [0.25, 0.3) is 0 Å². The molecule has 4 heteroatoms. The summed E-state index contributed by atoms with van der Waals surface area (Å²) in [5, 5.41) is 3.20. The van der Waals surface area contributed by atoms with Crippen molar-refractivity contribution in [3.63, 3.8) is 0 Å².